The second-order valence-electron chi connectivity index (χ2n) is 2.95. The fourth-order valence-corrected chi connectivity index (χ4v) is 1.74. The Morgan fingerprint density at radius 2 is 2.50 bits per heavy atom. The van der Waals surface area contributed by atoms with Gasteiger partial charge in [0.1, 0.15) is 5.01 Å². The van der Waals surface area contributed by atoms with E-state index in [1.165, 1.54) is 0 Å². The fraction of sp³-hybridized carbons (Fsp3) is 0.667. The lowest BCUT2D eigenvalue weighted by Gasteiger charge is -2.10. The summed E-state index contributed by atoms with van der Waals surface area (Å²) in [6, 6.07) is 0.302. The maximum absolute atomic E-state index is 5.29. The molecule has 0 aliphatic carbocycles. The summed E-state index contributed by atoms with van der Waals surface area (Å²) in [5.41, 5.74) is 5.29. The van der Waals surface area contributed by atoms with Gasteiger partial charge in [-0.05, 0) is 6.92 Å². The van der Waals surface area contributed by atoms with Crippen molar-refractivity contribution in [2.24, 2.45) is 5.73 Å². The molecule has 0 aromatic carbocycles. The summed E-state index contributed by atoms with van der Waals surface area (Å²) < 4.78 is 5.25. The second-order valence-corrected chi connectivity index (χ2v) is 3.87. The zero-order valence-electron chi connectivity index (χ0n) is 8.40. The quantitative estimate of drug-likeness (QED) is 0.660. The minimum absolute atomic E-state index is 0.302. The van der Waals surface area contributed by atoms with E-state index in [1.54, 1.807) is 11.3 Å². The lowest BCUT2D eigenvalue weighted by molar-refractivity contribution is 0.141. The van der Waals surface area contributed by atoms with E-state index >= 15 is 0 Å². The van der Waals surface area contributed by atoms with E-state index in [1.807, 2.05) is 11.6 Å². The first-order valence-electron chi connectivity index (χ1n) is 4.75. The highest BCUT2D eigenvalue weighted by molar-refractivity contribution is 7.09. The molecule has 1 atom stereocenters. The van der Waals surface area contributed by atoms with Crippen molar-refractivity contribution in [3.8, 4) is 0 Å². The van der Waals surface area contributed by atoms with E-state index in [0.29, 0.717) is 25.8 Å². The van der Waals surface area contributed by atoms with E-state index in [0.717, 1.165) is 11.6 Å². The van der Waals surface area contributed by atoms with Crippen LogP contribution >= 0.6 is 11.3 Å². The fourth-order valence-electron chi connectivity index (χ4n) is 1.07. The summed E-state index contributed by atoms with van der Waals surface area (Å²) in [5, 5.41) is 6.43. The molecule has 0 radical (unpaired) electrons. The first kappa shape index (κ1) is 11.6. The van der Waals surface area contributed by atoms with Crippen LogP contribution in [0.15, 0.2) is 11.6 Å². The van der Waals surface area contributed by atoms with Gasteiger partial charge in [-0.3, -0.25) is 0 Å². The number of nitrogens with one attached hydrogen (secondary N) is 1. The standard InChI is InChI=1S/C9H17N3OS/c1-8(9-12-4-7-14-9)11-3-6-13-5-2-10/h4,7-8,11H,2-3,5-6,10H2,1H3. The number of aromatic nitrogens is 1. The van der Waals surface area contributed by atoms with E-state index in [2.05, 4.69) is 17.2 Å². The summed E-state index contributed by atoms with van der Waals surface area (Å²) in [6.45, 7) is 4.85. The van der Waals surface area contributed by atoms with Gasteiger partial charge in [0.15, 0.2) is 0 Å². The number of nitrogens with zero attached hydrogens (tertiary/aromatic N) is 1. The molecule has 0 fully saturated rings. The van der Waals surface area contributed by atoms with Crippen LogP contribution in [0.2, 0.25) is 0 Å². The van der Waals surface area contributed by atoms with Gasteiger partial charge in [-0.25, -0.2) is 4.98 Å². The molecule has 0 bridgehead atoms. The van der Waals surface area contributed by atoms with Crippen LogP contribution in [-0.4, -0.2) is 31.3 Å². The molecule has 1 unspecified atom stereocenters. The van der Waals surface area contributed by atoms with E-state index in [4.69, 9.17) is 10.5 Å². The summed E-state index contributed by atoms with van der Waals surface area (Å²) in [6.07, 6.45) is 1.82. The van der Waals surface area contributed by atoms with Crippen molar-refractivity contribution in [3.63, 3.8) is 0 Å². The van der Waals surface area contributed by atoms with Crippen molar-refractivity contribution in [1.29, 1.82) is 0 Å². The Bertz CT molecular complexity index is 228. The van der Waals surface area contributed by atoms with Crippen molar-refractivity contribution >= 4 is 11.3 Å². The van der Waals surface area contributed by atoms with Crippen LogP contribution in [0, 0.1) is 0 Å². The Kier molecular flexibility index (Phi) is 5.70. The third-order valence-corrected chi connectivity index (χ3v) is 2.74. The van der Waals surface area contributed by atoms with Crippen LogP contribution in [0.1, 0.15) is 18.0 Å². The Labute approximate surface area is 88.5 Å². The molecule has 0 saturated carbocycles. The van der Waals surface area contributed by atoms with Crippen molar-refractivity contribution in [1.82, 2.24) is 10.3 Å². The first-order chi connectivity index (χ1) is 6.84. The minimum atomic E-state index is 0.302. The zero-order chi connectivity index (χ0) is 10.2. The molecule has 80 valence electrons. The van der Waals surface area contributed by atoms with Gasteiger partial charge < -0.3 is 15.8 Å². The normalized spacial score (nSPS) is 13.0. The molecule has 1 aromatic rings. The average molecular weight is 215 g/mol. The number of hydrogen-bond donors (Lipinski definition) is 2. The van der Waals surface area contributed by atoms with Gasteiger partial charge in [0, 0.05) is 24.7 Å². The Morgan fingerprint density at radius 3 is 3.14 bits per heavy atom. The Hall–Kier alpha value is -0.490. The second kappa shape index (κ2) is 6.89. The summed E-state index contributed by atoms with van der Waals surface area (Å²) in [7, 11) is 0. The monoisotopic (exact) mass is 215 g/mol. The van der Waals surface area contributed by atoms with Gasteiger partial charge in [0.25, 0.3) is 0 Å². The van der Waals surface area contributed by atoms with Crippen molar-refractivity contribution in [3.05, 3.63) is 16.6 Å². The van der Waals surface area contributed by atoms with Gasteiger partial charge in [0.05, 0.1) is 19.3 Å². The van der Waals surface area contributed by atoms with Crippen molar-refractivity contribution in [2.75, 3.05) is 26.3 Å². The SMILES string of the molecule is CC(NCCOCCN)c1nccs1. The maximum Gasteiger partial charge on any atom is 0.109 e. The van der Waals surface area contributed by atoms with Crippen LogP contribution < -0.4 is 11.1 Å². The molecule has 14 heavy (non-hydrogen) atoms. The molecule has 0 saturated heterocycles. The largest absolute Gasteiger partial charge is 0.379 e. The Morgan fingerprint density at radius 1 is 1.64 bits per heavy atom. The Balaban J connectivity index is 2.07. The van der Waals surface area contributed by atoms with Gasteiger partial charge in [0.2, 0.25) is 0 Å². The molecule has 1 aromatic heterocycles. The molecule has 0 spiro atoms. The van der Waals surface area contributed by atoms with Crippen molar-refractivity contribution < 1.29 is 4.74 Å². The van der Waals surface area contributed by atoms with E-state index in [-0.39, 0.29) is 0 Å². The number of thiazole rings is 1. The number of rotatable bonds is 7. The summed E-state index contributed by atoms with van der Waals surface area (Å²) in [4.78, 5) is 4.23. The van der Waals surface area contributed by atoms with Gasteiger partial charge in [-0.15, -0.1) is 11.3 Å². The molecule has 1 rings (SSSR count). The van der Waals surface area contributed by atoms with Crippen LogP contribution in [0.25, 0.3) is 0 Å². The third kappa shape index (κ3) is 4.15. The average Bonchev–Trinajstić information content (AvgIpc) is 2.70. The minimum Gasteiger partial charge on any atom is -0.379 e. The van der Waals surface area contributed by atoms with Gasteiger partial charge >= 0.3 is 0 Å². The van der Waals surface area contributed by atoms with Crippen molar-refractivity contribution in [2.45, 2.75) is 13.0 Å². The van der Waals surface area contributed by atoms with Crippen LogP contribution in [0.4, 0.5) is 0 Å². The predicted molar refractivity (Wildman–Crippen MR) is 58.4 cm³/mol. The van der Waals surface area contributed by atoms with E-state index in [9.17, 15) is 0 Å². The zero-order valence-corrected chi connectivity index (χ0v) is 9.22. The third-order valence-electron chi connectivity index (χ3n) is 1.78. The van der Waals surface area contributed by atoms with Crippen LogP contribution in [0.5, 0.6) is 0 Å². The topological polar surface area (TPSA) is 60.2 Å². The van der Waals surface area contributed by atoms with Gasteiger partial charge in [-0.2, -0.15) is 0 Å². The lowest BCUT2D eigenvalue weighted by Crippen LogP contribution is -2.24. The smallest absolute Gasteiger partial charge is 0.109 e. The predicted octanol–water partition coefficient (Wildman–Crippen LogP) is 0.769. The summed E-state index contributed by atoms with van der Waals surface area (Å²) >= 11 is 1.66. The lowest BCUT2D eigenvalue weighted by atomic mass is 10.3. The number of nitrogens with two attached hydrogens (primary N) is 1. The molecule has 0 aliphatic rings. The molecule has 1 heterocycles. The first-order valence-corrected chi connectivity index (χ1v) is 5.63. The number of ether oxygens (including phenoxy) is 1. The highest BCUT2D eigenvalue weighted by atomic mass is 32.1. The molecular weight excluding hydrogens is 198 g/mol. The van der Waals surface area contributed by atoms with Crippen LogP contribution in [-0.2, 0) is 4.74 Å². The van der Waals surface area contributed by atoms with Crippen LogP contribution in [0.3, 0.4) is 0 Å². The number of hydrogen-bond acceptors (Lipinski definition) is 5. The molecule has 4 nitrogen and oxygen atoms in total. The molecular formula is C9H17N3OS. The molecule has 0 amide bonds. The molecule has 3 N–H and O–H groups in total. The van der Waals surface area contributed by atoms with Gasteiger partial charge in [-0.1, -0.05) is 0 Å². The molecule has 0 aliphatic heterocycles. The summed E-state index contributed by atoms with van der Waals surface area (Å²) in [5.74, 6) is 0. The van der Waals surface area contributed by atoms with E-state index < -0.39 is 0 Å². The highest BCUT2D eigenvalue weighted by Gasteiger charge is 2.05. The maximum atomic E-state index is 5.29. The molecule has 5 heteroatoms. The highest BCUT2D eigenvalue weighted by Crippen LogP contribution is 2.13.